The first-order valence-corrected chi connectivity index (χ1v) is 12.0. The summed E-state index contributed by atoms with van der Waals surface area (Å²) in [6.07, 6.45) is 2.95. The van der Waals surface area contributed by atoms with Crippen LogP contribution in [0.1, 0.15) is 24.0 Å². The van der Waals surface area contributed by atoms with Crippen LogP contribution in [0, 0.1) is 5.92 Å². The number of carbonyl (C=O) groups excluding carboxylic acids is 2. The molecule has 8 heteroatoms. The Bertz CT molecular complexity index is 1100. The highest BCUT2D eigenvalue weighted by atomic mass is 16.6. The van der Waals surface area contributed by atoms with Crippen molar-refractivity contribution in [2.24, 2.45) is 5.92 Å². The van der Waals surface area contributed by atoms with Crippen LogP contribution in [0.5, 0.6) is 0 Å². The quantitative estimate of drug-likeness (QED) is 0.396. The number of piperidine rings is 3. The summed E-state index contributed by atoms with van der Waals surface area (Å²) in [7, 11) is 1.54. The van der Waals surface area contributed by atoms with Gasteiger partial charge in [-0.3, -0.25) is 4.79 Å². The lowest BCUT2D eigenvalue weighted by Crippen LogP contribution is -2.66. The fraction of sp³-hybridized carbons (Fsp3) is 0.370. The van der Waals surface area contributed by atoms with Gasteiger partial charge >= 0.3 is 5.97 Å². The molecule has 3 saturated heterocycles. The summed E-state index contributed by atoms with van der Waals surface area (Å²) in [5.41, 5.74) is 0.0655. The number of hydrogen-bond acceptors (Lipinski definition) is 6. The number of nitrogens with zero attached hydrogens (tertiary/aromatic N) is 2. The van der Waals surface area contributed by atoms with E-state index in [-0.39, 0.29) is 17.9 Å². The van der Waals surface area contributed by atoms with E-state index in [1.54, 1.807) is 13.2 Å². The van der Waals surface area contributed by atoms with Gasteiger partial charge in [0.15, 0.2) is 18.5 Å². The van der Waals surface area contributed by atoms with Gasteiger partial charge in [0, 0.05) is 31.9 Å². The number of esters is 1. The fourth-order valence-electron chi connectivity index (χ4n) is 5.63. The Labute approximate surface area is 204 Å². The van der Waals surface area contributed by atoms with Gasteiger partial charge in [-0.1, -0.05) is 65.8 Å². The number of fused-ring (bicyclic) bond motifs is 3. The van der Waals surface area contributed by atoms with Gasteiger partial charge in [-0.2, -0.15) is 0 Å². The molecule has 0 spiro atoms. The molecule has 3 fully saturated rings. The number of ether oxygens (including phenoxy) is 2. The van der Waals surface area contributed by atoms with E-state index >= 15 is 0 Å². The molecule has 2 bridgehead atoms. The molecule has 182 valence electrons. The number of carbonyl (C=O) groups is 2. The zero-order valence-corrected chi connectivity index (χ0v) is 19.8. The number of rotatable bonds is 8. The highest BCUT2D eigenvalue weighted by Crippen LogP contribution is 2.39. The topological polar surface area (TPSA) is 90.7 Å². The van der Waals surface area contributed by atoms with E-state index in [1.165, 1.54) is 6.26 Å². The molecule has 3 aromatic rings. The number of quaternary nitrogens is 1. The Morgan fingerprint density at radius 1 is 1.03 bits per heavy atom. The van der Waals surface area contributed by atoms with Crippen LogP contribution < -0.4 is 5.32 Å². The largest absolute Gasteiger partial charge is 0.453 e. The lowest BCUT2D eigenvalue weighted by Gasteiger charge is -2.51. The van der Waals surface area contributed by atoms with Gasteiger partial charge in [0.2, 0.25) is 5.60 Å². The first-order chi connectivity index (χ1) is 17.0. The Morgan fingerprint density at radius 2 is 1.66 bits per heavy atom. The van der Waals surface area contributed by atoms with Crippen molar-refractivity contribution in [1.82, 2.24) is 5.16 Å². The smallest absolute Gasteiger partial charge is 0.348 e. The second-order valence-electron chi connectivity index (χ2n) is 9.46. The van der Waals surface area contributed by atoms with Crippen LogP contribution in [0.2, 0.25) is 0 Å². The first-order valence-electron chi connectivity index (χ1n) is 12.0. The SMILES string of the molecule is COC(C(=O)O[C@H]1C[N+]2(CC(=O)Nc3ccon3)CCC1CC2)(c1ccccc1)c1ccccc1. The van der Waals surface area contributed by atoms with Crippen molar-refractivity contribution in [3.63, 3.8) is 0 Å². The molecule has 1 aromatic heterocycles. The predicted molar refractivity (Wildman–Crippen MR) is 128 cm³/mol. The van der Waals surface area contributed by atoms with Crippen molar-refractivity contribution in [2.45, 2.75) is 24.5 Å². The van der Waals surface area contributed by atoms with E-state index in [9.17, 15) is 9.59 Å². The second-order valence-corrected chi connectivity index (χ2v) is 9.46. The summed E-state index contributed by atoms with van der Waals surface area (Å²) in [5.74, 6) is 0.128. The number of benzene rings is 2. The molecule has 6 rings (SSSR count). The van der Waals surface area contributed by atoms with E-state index in [2.05, 4.69) is 10.5 Å². The Kier molecular flexibility index (Phi) is 6.40. The fourth-order valence-corrected chi connectivity index (χ4v) is 5.63. The van der Waals surface area contributed by atoms with Gasteiger partial charge in [0.25, 0.3) is 5.91 Å². The molecule has 1 N–H and O–H groups in total. The van der Waals surface area contributed by atoms with Gasteiger partial charge in [-0.15, -0.1) is 0 Å². The molecule has 3 aliphatic heterocycles. The lowest BCUT2D eigenvalue weighted by atomic mass is 9.82. The molecule has 1 atom stereocenters. The standard InChI is InChI=1S/C27H29N3O5/c1-33-27(21-8-4-2-5-9-21,22-10-6-3-7-11-22)26(32)35-23-18-30(15-12-20(23)13-16-30)19-25(31)28-24-14-17-34-29-24/h2-11,14,17,20,23H,12-13,15-16,18-19H2,1H3/p+1/t20?,23-,30?/m0/s1. The molecule has 35 heavy (non-hydrogen) atoms. The lowest BCUT2D eigenvalue weighted by molar-refractivity contribution is -0.939. The summed E-state index contributed by atoms with van der Waals surface area (Å²) < 4.78 is 17.6. The minimum atomic E-state index is -1.37. The maximum absolute atomic E-state index is 13.9. The van der Waals surface area contributed by atoms with E-state index in [0.717, 1.165) is 37.1 Å². The van der Waals surface area contributed by atoms with Crippen LogP contribution in [-0.2, 0) is 24.7 Å². The highest BCUT2D eigenvalue weighted by molar-refractivity contribution is 5.90. The van der Waals surface area contributed by atoms with E-state index < -0.39 is 11.6 Å². The third kappa shape index (κ3) is 4.47. The number of amides is 1. The molecule has 8 nitrogen and oxygen atoms in total. The zero-order valence-electron chi connectivity index (χ0n) is 19.8. The minimum absolute atomic E-state index is 0.121. The van der Waals surface area contributed by atoms with Crippen molar-refractivity contribution in [1.29, 1.82) is 0 Å². The number of aromatic nitrogens is 1. The number of anilines is 1. The molecule has 1 amide bonds. The third-order valence-electron chi connectivity index (χ3n) is 7.44. The number of nitrogens with one attached hydrogen (secondary N) is 1. The van der Waals surface area contributed by atoms with Crippen molar-refractivity contribution in [3.05, 3.63) is 84.1 Å². The maximum atomic E-state index is 13.9. The van der Waals surface area contributed by atoms with Gasteiger partial charge in [-0.25, -0.2) is 4.79 Å². The number of hydrogen-bond donors (Lipinski definition) is 1. The highest BCUT2D eigenvalue weighted by Gasteiger charge is 2.51. The molecular weight excluding hydrogens is 446 g/mol. The molecule has 0 radical (unpaired) electrons. The zero-order chi connectivity index (χ0) is 24.3. The Balaban J connectivity index is 1.37. The minimum Gasteiger partial charge on any atom is -0.453 e. The van der Waals surface area contributed by atoms with Gasteiger partial charge in [0.05, 0.1) is 13.1 Å². The molecule has 0 saturated carbocycles. The molecule has 0 aliphatic carbocycles. The van der Waals surface area contributed by atoms with E-state index in [0.29, 0.717) is 23.4 Å². The van der Waals surface area contributed by atoms with E-state index in [1.807, 2.05) is 60.7 Å². The van der Waals surface area contributed by atoms with Crippen molar-refractivity contribution < 1.29 is 28.1 Å². The van der Waals surface area contributed by atoms with Crippen LogP contribution in [0.25, 0.3) is 0 Å². The van der Waals surface area contributed by atoms with Crippen molar-refractivity contribution in [3.8, 4) is 0 Å². The maximum Gasteiger partial charge on any atom is 0.348 e. The Hall–Kier alpha value is -3.49. The van der Waals surface area contributed by atoms with Gasteiger partial charge < -0.3 is 23.8 Å². The predicted octanol–water partition coefficient (Wildman–Crippen LogP) is 3.36. The van der Waals surface area contributed by atoms with Gasteiger partial charge in [0.1, 0.15) is 12.8 Å². The van der Waals surface area contributed by atoms with Gasteiger partial charge in [-0.05, 0) is 11.1 Å². The van der Waals surface area contributed by atoms with E-state index in [4.69, 9.17) is 14.0 Å². The second kappa shape index (κ2) is 9.64. The molecule has 4 heterocycles. The molecular formula is C27H30N3O5+. The van der Waals surface area contributed by atoms with Crippen LogP contribution in [-0.4, -0.2) is 60.9 Å². The molecule has 2 aromatic carbocycles. The summed E-state index contributed by atoms with van der Waals surface area (Å²) in [6.45, 7) is 2.68. The average molecular weight is 477 g/mol. The van der Waals surface area contributed by atoms with Crippen molar-refractivity contribution >= 4 is 17.7 Å². The first kappa shape index (κ1) is 23.3. The number of methoxy groups -OCH3 is 1. The third-order valence-corrected chi connectivity index (χ3v) is 7.44. The summed E-state index contributed by atoms with van der Waals surface area (Å²) >= 11 is 0. The normalized spacial score (nSPS) is 23.6. The summed E-state index contributed by atoms with van der Waals surface area (Å²) in [4.78, 5) is 26.7. The van der Waals surface area contributed by atoms with Crippen LogP contribution >= 0.6 is 0 Å². The molecule has 3 aliphatic rings. The van der Waals surface area contributed by atoms with Crippen LogP contribution in [0.15, 0.2) is 77.5 Å². The molecule has 0 unspecified atom stereocenters. The summed E-state index contributed by atoms with van der Waals surface area (Å²) in [6, 6.07) is 20.5. The van der Waals surface area contributed by atoms with Crippen LogP contribution in [0.4, 0.5) is 5.82 Å². The summed E-state index contributed by atoms with van der Waals surface area (Å²) in [5, 5.41) is 6.55. The Morgan fingerprint density at radius 3 is 2.20 bits per heavy atom. The van der Waals surface area contributed by atoms with Crippen molar-refractivity contribution in [2.75, 3.05) is 38.6 Å². The average Bonchev–Trinajstić information content (AvgIpc) is 3.39. The van der Waals surface area contributed by atoms with Crippen LogP contribution in [0.3, 0.4) is 0 Å². The monoisotopic (exact) mass is 476 g/mol.